The molecule has 8 heteroatoms. The van der Waals surface area contributed by atoms with Gasteiger partial charge in [0.2, 0.25) is 0 Å². The quantitative estimate of drug-likeness (QED) is 0.552. The molecule has 31 heavy (non-hydrogen) atoms. The van der Waals surface area contributed by atoms with Crippen molar-refractivity contribution in [2.24, 2.45) is 0 Å². The van der Waals surface area contributed by atoms with Crippen LogP contribution in [0.25, 0.3) is 0 Å². The topological polar surface area (TPSA) is 54.0 Å². The van der Waals surface area contributed by atoms with Crippen LogP contribution in [0, 0.1) is 0 Å². The molecule has 2 aliphatic rings. The molecule has 5 nitrogen and oxygen atoms in total. The molecule has 0 amide bonds. The first-order valence-electron chi connectivity index (χ1n) is 11.5. The first kappa shape index (κ1) is 24.1. The number of rotatable bonds is 9. The SMILES string of the molecule is CCCCOc1ccc(C(CN2CCNCC2)C2(O)CCCCC2)cc1OC(F)(F)F. The van der Waals surface area contributed by atoms with Crippen LogP contribution in [-0.2, 0) is 0 Å². The molecule has 1 aliphatic heterocycles. The summed E-state index contributed by atoms with van der Waals surface area (Å²) in [5, 5.41) is 14.9. The maximum atomic E-state index is 13.1. The molecule has 1 heterocycles. The van der Waals surface area contributed by atoms with Crippen molar-refractivity contribution < 1.29 is 27.8 Å². The van der Waals surface area contributed by atoms with E-state index in [4.69, 9.17) is 4.74 Å². The maximum Gasteiger partial charge on any atom is 0.573 e. The summed E-state index contributed by atoms with van der Waals surface area (Å²) in [5.74, 6) is -0.525. The Morgan fingerprint density at radius 3 is 2.48 bits per heavy atom. The number of halogens is 3. The first-order chi connectivity index (χ1) is 14.8. The molecule has 176 valence electrons. The number of aliphatic hydroxyl groups is 1. The van der Waals surface area contributed by atoms with Crippen molar-refractivity contribution in [3.8, 4) is 11.5 Å². The van der Waals surface area contributed by atoms with Gasteiger partial charge in [-0.3, -0.25) is 0 Å². The van der Waals surface area contributed by atoms with Crippen LogP contribution in [0.3, 0.4) is 0 Å². The highest BCUT2D eigenvalue weighted by Gasteiger charge is 2.40. The van der Waals surface area contributed by atoms with E-state index in [1.165, 1.54) is 6.07 Å². The predicted octanol–water partition coefficient (Wildman–Crippen LogP) is 4.45. The average molecular weight is 445 g/mol. The van der Waals surface area contributed by atoms with E-state index < -0.39 is 12.0 Å². The molecule has 0 aromatic heterocycles. The Labute approximate surface area is 182 Å². The Morgan fingerprint density at radius 2 is 1.84 bits per heavy atom. The van der Waals surface area contributed by atoms with Gasteiger partial charge in [0.1, 0.15) is 0 Å². The van der Waals surface area contributed by atoms with Crippen molar-refractivity contribution in [3.63, 3.8) is 0 Å². The number of nitrogens with one attached hydrogen (secondary N) is 1. The molecule has 1 aromatic rings. The standard InChI is InChI=1S/C23H35F3N2O3/c1-2-3-15-30-20-8-7-18(16-21(20)31-23(24,25)26)19(17-28-13-11-27-12-14-28)22(29)9-5-4-6-10-22/h7-8,16,19,27,29H,2-6,9-15,17H2,1H3. The Hall–Kier alpha value is -1.51. The van der Waals surface area contributed by atoms with Crippen molar-refractivity contribution in [2.75, 3.05) is 39.3 Å². The van der Waals surface area contributed by atoms with Crippen molar-refractivity contribution in [1.29, 1.82) is 0 Å². The molecule has 1 saturated heterocycles. The Morgan fingerprint density at radius 1 is 1.13 bits per heavy atom. The highest BCUT2D eigenvalue weighted by atomic mass is 19.4. The van der Waals surface area contributed by atoms with Crippen LogP contribution in [0.1, 0.15) is 63.4 Å². The summed E-state index contributed by atoms with van der Waals surface area (Å²) in [7, 11) is 0. The van der Waals surface area contributed by atoms with Gasteiger partial charge in [0.15, 0.2) is 11.5 Å². The smallest absolute Gasteiger partial charge is 0.490 e. The average Bonchev–Trinajstić information content (AvgIpc) is 2.73. The fourth-order valence-corrected chi connectivity index (χ4v) is 4.64. The summed E-state index contributed by atoms with van der Waals surface area (Å²) in [6.45, 7) is 6.39. The number of alkyl halides is 3. The van der Waals surface area contributed by atoms with Gasteiger partial charge >= 0.3 is 6.36 Å². The van der Waals surface area contributed by atoms with E-state index in [2.05, 4.69) is 15.0 Å². The molecular formula is C23H35F3N2O3. The number of benzene rings is 1. The molecule has 1 aromatic carbocycles. The second-order valence-corrected chi connectivity index (χ2v) is 8.72. The van der Waals surface area contributed by atoms with Crippen molar-refractivity contribution in [1.82, 2.24) is 10.2 Å². The van der Waals surface area contributed by atoms with Crippen LogP contribution in [0.15, 0.2) is 18.2 Å². The lowest BCUT2D eigenvalue weighted by molar-refractivity contribution is -0.275. The number of piperazine rings is 1. The monoisotopic (exact) mass is 444 g/mol. The van der Waals surface area contributed by atoms with Crippen molar-refractivity contribution >= 4 is 0 Å². The molecule has 1 aliphatic carbocycles. The van der Waals surface area contributed by atoms with Gasteiger partial charge in [-0.1, -0.05) is 38.7 Å². The fraction of sp³-hybridized carbons (Fsp3) is 0.739. The predicted molar refractivity (Wildman–Crippen MR) is 114 cm³/mol. The van der Waals surface area contributed by atoms with Crippen LogP contribution >= 0.6 is 0 Å². The number of unbranched alkanes of at least 4 members (excludes halogenated alkanes) is 1. The molecule has 2 fully saturated rings. The summed E-state index contributed by atoms with van der Waals surface area (Å²) in [5.41, 5.74) is -0.256. The van der Waals surface area contributed by atoms with E-state index in [9.17, 15) is 18.3 Å². The van der Waals surface area contributed by atoms with Gasteiger partial charge in [-0.25, -0.2) is 0 Å². The van der Waals surface area contributed by atoms with Gasteiger partial charge in [0, 0.05) is 38.6 Å². The third-order valence-electron chi connectivity index (χ3n) is 6.37. The summed E-state index contributed by atoms with van der Waals surface area (Å²) < 4.78 is 49.2. The van der Waals surface area contributed by atoms with Crippen LogP contribution in [0.5, 0.6) is 11.5 Å². The molecule has 1 saturated carbocycles. The van der Waals surface area contributed by atoms with Gasteiger partial charge in [-0.15, -0.1) is 13.2 Å². The zero-order chi connectivity index (χ0) is 22.3. The fourth-order valence-electron chi connectivity index (χ4n) is 4.64. The molecule has 1 atom stereocenters. The molecule has 0 bridgehead atoms. The Balaban J connectivity index is 1.91. The van der Waals surface area contributed by atoms with Crippen molar-refractivity contribution in [3.05, 3.63) is 23.8 Å². The van der Waals surface area contributed by atoms with Gasteiger partial charge in [0.25, 0.3) is 0 Å². The van der Waals surface area contributed by atoms with Crippen LogP contribution in [-0.4, -0.2) is 61.3 Å². The number of hydrogen-bond donors (Lipinski definition) is 2. The van der Waals surface area contributed by atoms with Crippen LogP contribution in [0.4, 0.5) is 13.2 Å². The second-order valence-electron chi connectivity index (χ2n) is 8.72. The lowest BCUT2D eigenvalue weighted by Crippen LogP contribution is -2.49. The second kappa shape index (κ2) is 10.9. The largest absolute Gasteiger partial charge is 0.573 e. The van der Waals surface area contributed by atoms with Crippen molar-refractivity contribution in [2.45, 2.75) is 69.8 Å². The van der Waals surface area contributed by atoms with Gasteiger partial charge in [-0.2, -0.15) is 0 Å². The highest BCUT2D eigenvalue weighted by molar-refractivity contribution is 5.45. The zero-order valence-corrected chi connectivity index (χ0v) is 18.3. The number of ether oxygens (including phenoxy) is 2. The van der Waals surface area contributed by atoms with E-state index in [0.29, 0.717) is 31.6 Å². The van der Waals surface area contributed by atoms with Gasteiger partial charge in [0.05, 0.1) is 12.2 Å². The minimum absolute atomic E-state index is 0.0890. The molecule has 2 N–H and O–H groups in total. The van der Waals surface area contributed by atoms with E-state index in [-0.39, 0.29) is 17.4 Å². The first-order valence-corrected chi connectivity index (χ1v) is 11.5. The molecule has 0 radical (unpaired) electrons. The van der Waals surface area contributed by atoms with Crippen LogP contribution in [0.2, 0.25) is 0 Å². The third-order valence-corrected chi connectivity index (χ3v) is 6.37. The summed E-state index contributed by atoms with van der Waals surface area (Å²) in [6.07, 6.45) is 1.08. The minimum atomic E-state index is -4.81. The van der Waals surface area contributed by atoms with E-state index >= 15 is 0 Å². The lowest BCUT2D eigenvalue weighted by Gasteiger charge is -2.42. The molecular weight excluding hydrogens is 409 g/mol. The summed E-state index contributed by atoms with van der Waals surface area (Å²) >= 11 is 0. The summed E-state index contributed by atoms with van der Waals surface area (Å²) in [4.78, 5) is 2.28. The Bertz CT molecular complexity index is 687. The minimum Gasteiger partial charge on any atom is -0.490 e. The normalized spacial score (nSPS) is 20.9. The molecule has 0 spiro atoms. The van der Waals surface area contributed by atoms with Gasteiger partial charge in [-0.05, 0) is 37.0 Å². The number of nitrogens with zero attached hydrogens (tertiary/aromatic N) is 1. The van der Waals surface area contributed by atoms with E-state index in [1.807, 2.05) is 6.92 Å². The third kappa shape index (κ3) is 6.99. The maximum absolute atomic E-state index is 13.1. The van der Waals surface area contributed by atoms with Gasteiger partial charge < -0.3 is 24.8 Å². The lowest BCUT2D eigenvalue weighted by atomic mass is 9.72. The molecule has 3 rings (SSSR count). The zero-order valence-electron chi connectivity index (χ0n) is 18.3. The van der Waals surface area contributed by atoms with E-state index in [0.717, 1.165) is 58.3 Å². The summed E-state index contributed by atoms with van der Waals surface area (Å²) in [6, 6.07) is 4.78. The number of hydrogen-bond acceptors (Lipinski definition) is 5. The Kier molecular flexibility index (Phi) is 8.47. The molecule has 1 unspecified atom stereocenters. The van der Waals surface area contributed by atoms with Crippen LogP contribution < -0.4 is 14.8 Å². The van der Waals surface area contributed by atoms with E-state index in [1.54, 1.807) is 12.1 Å². The highest BCUT2D eigenvalue weighted by Crippen LogP contribution is 2.43.